The summed E-state index contributed by atoms with van der Waals surface area (Å²) in [5, 5.41) is 9.61. The Kier molecular flexibility index (Phi) is 4.83. The number of hydrogen-bond donors (Lipinski definition) is 1. The van der Waals surface area contributed by atoms with Crippen LogP contribution in [0.25, 0.3) is 0 Å². The van der Waals surface area contributed by atoms with Gasteiger partial charge in [-0.3, -0.25) is 4.90 Å². The number of hydrogen-bond acceptors (Lipinski definition) is 4. The lowest BCUT2D eigenvalue weighted by molar-refractivity contribution is 0.0209. The summed E-state index contributed by atoms with van der Waals surface area (Å²) in [4.78, 5) is 16.6. The van der Waals surface area contributed by atoms with Crippen molar-refractivity contribution in [3.05, 3.63) is 29.3 Å². The zero-order valence-corrected chi connectivity index (χ0v) is 14.9. The Bertz CT molecular complexity index is 603. The Morgan fingerprint density at radius 2 is 1.92 bits per heavy atom. The highest BCUT2D eigenvalue weighted by molar-refractivity contribution is 5.92. The summed E-state index contributed by atoms with van der Waals surface area (Å²) in [7, 11) is 0. The number of ether oxygens (including phenoxy) is 1. The predicted molar refractivity (Wildman–Crippen MR) is 95.1 cm³/mol. The fourth-order valence-electron chi connectivity index (χ4n) is 3.97. The number of carboxylic acid groups (broad SMARTS) is 1. The molecule has 0 amide bonds. The molecular formula is C19H28N2O3. The van der Waals surface area contributed by atoms with E-state index in [-0.39, 0.29) is 5.41 Å². The van der Waals surface area contributed by atoms with Crippen LogP contribution >= 0.6 is 0 Å². The molecule has 5 nitrogen and oxygen atoms in total. The summed E-state index contributed by atoms with van der Waals surface area (Å²) in [6.07, 6.45) is 1.13. The minimum atomic E-state index is -0.842. The van der Waals surface area contributed by atoms with E-state index < -0.39 is 5.97 Å². The van der Waals surface area contributed by atoms with Gasteiger partial charge in [0.25, 0.3) is 0 Å². The van der Waals surface area contributed by atoms with Gasteiger partial charge in [-0.1, -0.05) is 26.8 Å². The monoisotopic (exact) mass is 332 g/mol. The topological polar surface area (TPSA) is 53.0 Å². The molecular weight excluding hydrogens is 304 g/mol. The van der Waals surface area contributed by atoms with Crippen molar-refractivity contribution < 1.29 is 14.6 Å². The van der Waals surface area contributed by atoms with Crippen molar-refractivity contribution in [2.45, 2.75) is 38.6 Å². The number of nitrogens with zero attached hydrogens (tertiary/aromatic N) is 2. The molecule has 2 heterocycles. The third-order valence-corrected chi connectivity index (χ3v) is 5.09. The molecule has 2 aliphatic heterocycles. The van der Waals surface area contributed by atoms with Gasteiger partial charge in [0.1, 0.15) is 0 Å². The summed E-state index contributed by atoms with van der Waals surface area (Å²) in [5.74, 6) is -0.842. The van der Waals surface area contributed by atoms with Crippen molar-refractivity contribution >= 4 is 11.7 Å². The molecule has 0 radical (unpaired) electrons. The van der Waals surface area contributed by atoms with Crippen LogP contribution in [0, 0.1) is 0 Å². The minimum Gasteiger partial charge on any atom is -0.478 e. The lowest BCUT2D eigenvalue weighted by Crippen LogP contribution is -2.44. The third kappa shape index (κ3) is 3.42. The Morgan fingerprint density at radius 1 is 1.21 bits per heavy atom. The maximum Gasteiger partial charge on any atom is 0.336 e. The number of anilines is 1. The number of aromatic carboxylic acids is 1. The number of carboxylic acids is 1. The molecule has 2 aliphatic rings. The van der Waals surface area contributed by atoms with Gasteiger partial charge in [0, 0.05) is 37.9 Å². The van der Waals surface area contributed by atoms with Gasteiger partial charge in [-0.25, -0.2) is 4.79 Å². The molecule has 2 fully saturated rings. The van der Waals surface area contributed by atoms with E-state index in [9.17, 15) is 9.90 Å². The highest BCUT2D eigenvalue weighted by Crippen LogP contribution is 2.37. The van der Waals surface area contributed by atoms with Gasteiger partial charge in [-0.05, 0) is 29.5 Å². The van der Waals surface area contributed by atoms with Crippen LogP contribution in [0.4, 0.5) is 5.69 Å². The van der Waals surface area contributed by atoms with E-state index in [0.29, 0.717) is 11.6 Å². The zero-order valence-electron chi connectivity index (χ0n) is 14.9. The molecule has 1 aromatic carbocycles. The second kappa shape index (κ2) is 6.73. The quantitative estimate of drug-likeness (QED) is 0.922. The van der Waals surface area contributed by atoms with Crippen LogP contribution < -0.4 is 4.90 Å². The molecule has 5 heteroatoms. The van der Waals surface area contributed by atoms with Gasteiger partial charge >= 0.3 is 5.97 Å². The SMILES string of the molecule is CC(C)(C)c1c(C(=O)O)cccc1N1CCC(N2CCOCC2)C1. The second-order valence-corrected chi connectivity index (χ2v) is 7.79. The van der Waals surface area contributed by atoms with E-state index in [1.54, 1.807) is 6.07 Å². The summed E-state index contributed by atoms with van der Waals surface area (Å²) < 4.78 is 5.46. The van der Waals surface area contributed by atoms with E-state index in [4.69, 9.17) is 4.74 Å². The highest BCUT2D eigenvalue weighted by atomic mass is 16.5. The van der Waals surface area contributed by atoms with Crippen molar-refractivity contribution in [3.63, 3.8) is 0 Å². The standard InChI is InChI=1S/C19H28N2O3/c1-19(2,3)17-15(18(22)23)5-4-6-16(17)21-8-7-14(13-21)20-9-11-24-12-10-20/h4-6,14H,7-13H2,1-3H3,(H,22,23). The number of morpholine rings is 1. The molecule has 1 aromatic rings. The summed E-state index contributed by atoms with van der Waals surface area (Å²) >= 11 is 0. The first-order chi connectivity index (χ1) is 11.4. The Labute approximate surface area is 144 Å². The van der Waals surface area contributed by atoms with Gasteiger partial charge in [0.15, 0.2) is 0 Å². The van der Waals surface area contributed by atoms with Crippen LogP contribution in [0.1, 0.15) is 43.1 Å². The molecule has 3 rings (SSSR count). The maximum absolute atomic E-state index is 11.7. The van der Waals surface area contributed by atoms with Crippen molar-refractivity contribution in [3.8, 4) is 0 Å². The van der Waals surface area contributed by atoms with Crippen LogP contribution in [-0.2, 0) is 10.2 Å². The second-order valence-electron chi connectivity index (χ2n) is 7.79. The van der Waals surface area contributed by atoms with Gasteiger partial charge in [-0.2, -0.15) is 0 Å². The van der Waals surface area contributed by atoms with Gasteiger partial charge in [0.2, 0.25) is 0 Å². The molecule has 0 saturated carbocycles. The average molecular weight is 332 g/mol. The molecule has 2 saturated heterocycles. The fourth-order valence-corrected chi connectivity index (χ4v) is 3.97. The van der Waals surface area contributed by atoms with E-state index in [0.717, 1.165) is 57.1 Å². The minimum absolute atomic E-state index is 0.207. The Balaban J connectivity index is 1.87. The first-order valence-electron chi connectivity index (χ1n) is 8.81. The van der Waals surface area contributed by atoms with Gasteiger partial charge in [0.05, 0.1) is 18.8 Å². The molecule has 0 aliphatic carbocycles. The molecule has 1 unspecified atom stereocenters. The van der Waals surface area contributed by atoms with Crippen molar-refractivity contribution in [2.75, 3.05) is 44.3 Å². The van der Waals surface area contributed by atoms with E-state index in [1.807, 2.05) is 6.07 Å². The summed E-state index contributed by atoms with van der Waals surface area (Å²) in [6.45, 7) is 11.9. The van der Waals surface area contributed by atoms with Crippen molar-refractivity contribution in [1.82, 2.24) is 4.90 Å². The molecule has 1 N–H and O–H groups in total. The highest BCUT2D eigenvalue weighted by Gasteiger charge is 2.33. The average Bonchev–Trinajstić information content (AvgIpc) is 3.04. The summed E-state index contributed by atoms with van der Waals surface area (Å²) in [5.41, 5.74) is 2.24. The van der Waals surface area contributed by atoms with Crippen LogP contribution in [0.2, 0.25) is 0 Å². The van der Waals surface area contributed by atoms with Crippen LogP contribution in [0.3, 0.4) is 0 Å². The molecule has 0 aromatic heterocycles. The third-order valence-electron chi connectivity index (χ3n) is 5.09. The van der Waals surface area contributed by atoms with Crippen LogP contribution in [0.15, 0.2) is 18.2 Å². The first-order valence-corrected chi connectivity index (χ1v) is 8.81. The largest absolute Gasteiger partial charge is 0.478 e. The normalized spacial score (nSPS) is 22.8. The smallest absolute Gasteiger partial charge is 0.336 e. The Hall–Kier alpha value is -1.59. The van der Waals surface area contributed by atoms with Crippen LogP contribution in [-0.4, -0.2) is 61.4 Å². The fraction of sp³-hybridized carbons (Fsp3) is 0.632. The van der Waals surface area contributed by atoms with Crippen LogP contribution in [0.5, 0.6) is 0 Å². The van der Waals surface area contributed by atoms with E-state index >= 15 is 0 Å². The molecule has 1 atom stereocenters. The molecule has 24 heavy (non-hydrogen) atoms. The van der Waals surface area contributed by atoms with Gasteiger partial charge < -0.3 is 14.7 Å². The first kappa shape index (κ1) is 17.2. The van der Waals surface area contributed by atoms with E-state index in [2.05, 4.69) is 36.6 Å². The molecule has 0 spiro atoms. The predicted octanol–water partition coefficient (Wildman–Crippen LogP) is 2.59. The lowest BCUT2D eigenvalue weighted by atomic mass is 9.82. The molecule has 0 bridgehead atoms. The van der Waals surface area contributed by atoms with Crippen molar-refractivity contribution in [2.24, 2.45) is 0 Å². The lowest BCUT2D eigenvalue weighted by Gasteiger charge is -2.33. The van der Waals surface area contributed by atoms with Gasteiger partial charge in [-0.15, -0.1) is 0 Å². The van der Waals surface area contributed by atoms with E-state index in [1.165, 1.54) is 0 Å². The molecule has 132 valence electrons. The number of benzene rings is 1. The zero-order chi connectivity index (χ0) is 17.3. The summed E-state index contributed by atoms with van der Waals surface area (Å²) in [6, 6.07) is 6.21. The number of rotatable bonds is 3. The van der Waals surface area contributed by atoms with Crippen molar-refractivity contribution in [1.29, 1.82) is 0 Å². The number of carbonyl (C=O) groups is 1. The Morgan fingerprint density at radius 3 is 2.54 bits per heavy atom. The maximum atomic E-state index is 11.7.